The molecule has 1 saturated carbocycles. The van der Waals surface area contributed by atoms with Gasteiger partial charge in [0.05, 0.1) is 0 Å². The third kappa shape index (κ3) is 3.06. The zero-order valence-corrected chi connectivity index (χ0v) is 16.7. The highest BCUT2D eigenvalue weighted by molar-refractivity contribution is 6.30. The van der Waals surface area contributed by atoms with Gasteiger partial charge < -0.3 is 10.1 Å². The van der Waals surface area contributed by atoms with Crippen LogP contribution in [-0.4, -0.2) is 17.4 Å². The van der Waals surface area contributed by atoms with Crippen molar-refractivity contribution in [2.45, 2.75) is 37.3 Å². The van der Waals surface area contributed by atoms with Gasteiger partial charge in [-0.25, -0.2) is 0 Å². The molecule has 0 aromatic heterocycles. The van der Waals surface area contributed by atoms with Crippen molar-refractivity contribution in [2.24, 2.45) is 11.8 Å². The summed E-state index contributed by atoms with van der Waals surface area (Å²) in [5.41, 5.74) is 1.17. The lowest BCUT2D eigenvalue weighted by atomic mass is 9.61. The molecule has 148 valence electrons. The number of carbonyl (C=O) groups excluding carboxylic acids is 2. The van der Waals surface area contributed by atoms with Crippen LogP contribution in [0.2, 0.25) is 5.02 Å². The van der Waals surface area contributed by atoms with E-state index in [1.807, 2.05) is 36.4 Å². The quantitative estimate of drug-likeness (QED) is 0.591. The van der Waals surface area contributed by atoms with E-state index in [4.69, 9.17) is 16.3 Å². The third-order valence-corrected chi connectivity index (χ3v) is 6.76. The monoisotopic (exact) mass is 407 g/mol. The molecule has 2 fully saturated rings. The number of ketones is 1. The Bertz CT molecular complexity index is 999. The molecule has 0 radical (unpaired) electrons. The number of piperidine rings is 1. The molecule has 0 spiro atoms. The van der Waals surface area contributed by atoms with Gasteiger partial charge in [-0.2, -0.15) is 0 Å². The van der Waals surface area contributed by atoms with Crippen LogP contribution in [0.5, 0.6) is 5.75 Å². The maximum absolute atomic E-state index is 13.2. The van der Waals surface area contributed by atoms with Crippen LogP contribution in [0.3, 0.4) is 0 Å². The number of amides is 1. The van der Waals surface area contributed by atoms with Gasteiger partial charge in [-0.1, -0.05) is 54.4 Å². The molecule has 2 aromatic rings. The van der Waals surface area contributed by atoms with Crippen molar-refractivity contribution in [3.05, 3.63) is 70.8 Å². The topological polar surface area (TPSA) is 55.4 Å². The number of nitrogens with one attached hydrogen (secondary N) is 1. The van der Waals surface area contributed by atoms with Crippen LogP contribution in [0.4, 0.5) is 0 Å². The van der Waals surface area contributed by atoms with Gasteiger partial charge in [-0.3, -0.25) is 9.59 Å². The third-order valence-electron chi connectivity index (χ3n) is 6.51. The van der Waals surface area contributed by atoms with Crippen LogP contribution >= 0.6 is 11.6 Å². The summed E-state index contributed by atoms with van der Waals surface area (Å²) < 4.78 is 6.36. The number of allylic oxidation sites excluding steroid dienone is 1. The van der Waals surface area contributed by atoms with E-state index in [1.54, 1.807) is 18.2 Å². The molecule has 4 unspecified atom stereocenters. The SMILES string of the molecule is O=C(C=Cc1ccc(Cl)cc1)C1C(=O)NC23CCCCC2C1c1ccccc1O3. The van der Waals surface area contributed by atoms with E-state index in [0.717, 1.165) is 42.6 Å². The van der Waals surface area contributed by atoms with Gasteiger partial charge in [0, 0.05) is 23.3 Å². The second kappa shape index (κ2) is 7.03. The number of carbonyl (C=O) groups is 2. The first-order valence-electron chi connectivity index (χ1n) is 10.1. The number of hydrogen-bond acceptors (Lipinski definition) is 3. The van der Waals surface area contributed by atoms with Gasteiger partial charge in [0.15, 0.2) is 11.5 Å². The molecule has 1 aliphatic carbocycles. The van der Waals surface area contributed by atoms with E-state index >= 15 is 0 Å². The van der Waals surface area contributed by atoms with Gasteiger partial charge in [-0.15, -0.1) is 0 Å². The lowest BCUT2D eigenvalue weighted by Crippen LogP contribution is -2.69. The Morgan fingerprint density at radius 2 is 1.93 bits per heavy atom. The first kappa shape index (κ1) is 18.4. The molecule has 2 bridgehead atoms. The predicted molar refractivity (Wildman–Crippen MR) is 112 cm³/mol. The van der Waals surface area contributed by atoms with Gasteiger partial charge >= 0.3 is 0 Å². The number of hydrogen-bond donors (Lipinski definition) is 1. The van der Waals surface area contributed by atoms with E-state index in [-0.39, 0.29) is 23.5 Å². The van der Waals surface area contributed by atoms with Crippen molar-refractivity contribution in [1.82, 2.24) is 5.32 Å². The molecule has 1 amide bonds. The van der Waals surface area contributed by atoms with Gasteiger partial charge in [0.2, 0.25) is 5.91 Å². The lowest BCUT2D eigenvalue weighted by Gasteiger charge is -2.56. The summed E-state index contributed by atoms with van der Waals surface area (Å²) >= 11 is 5.93. The minimum atomic E-state index is -0.736. The van der Waals surface area contributed by atoms with Crippen LogP contribution < -0.4 is 10.1 Å². The summed E-state index contributed by atoms with van der Waals surface area (Å²) in [6, 6.07) is 15.1. The van der Waals surface area contributed by atoms with Crippen LogP contribution in [0.25, 0.3) is 6.08 Å². The summed E-state index contributed by atoms with van der Waals surface area (Å²) in [6.45, 7) is 0. The van der Waals surface area contributed by atoms with E-state index in [2.05, 4.69) is 5.32 Å². The van der Waals surface area contributed by atoms with Crippen molar-refractivity contribution < 1.29 is 14.3 Å². The standard InChI is InChI=1S/C24H22ClNO3/c25-16-11-8-15(9-12-16)10-13-19(27)22-21-17-5-1-2-7-20(17)29-24(26-23(22)28)14-4-3-6-18(21)24/h1-2,5,7-13,18,21-22H,3-4,6,14H2,(H,26,28). The van der Waals surface area contributed by atoms with Gasteiger partial charge in [0.1, 0.15) is 11.7 Å². The number of ether oxygens (including phenoxy) is 1. The van der Waals surface area contributed by atoms with Crippen LogP contribution in [0, 0.1) is 11.8 Å². The number of fused-ring (bicyclic) bond motifs is 2. The Morgan fingerprint density at radius 1 is 1.14 bits per heavy atom. The predicted octanol–water partition coefficient (Wildman–Crippen LogP) is 4.73. The molecule has 1 N–H and O–H groups in total. The molecular weight excluding hydrogens is 386 g/mol. The highest BCUT2D eigenvalue weighted by atomic mass is 35.5. The summed E-state index contributed by atoms with van der Waals surface area (Å²) in [4.78, 5) is 26.3. The second-order valence-electron chi connectivity index (χ2n) is 8.16. The molecule has 1 saturated heterocycles. The first-order valence-corrected chi connectivity index (χ1v) is 10.5. The highest BCUT2D eigenvalue weighted by Crippen LogP contribution is 2.55. The molecule has 2 heterocycles. The zero-order valence-electron chi connectivity index (χ0n) is 15.9. The molecule has 5 rings (SSSR count). The molecule has 3 aliphatic rings. The van der Waals surface area contributed by atoms with Crippen molar-refractivity contribution in [1.29, 1.82) is 0 Å². The van der Waals surface area contributed by atoms with Crippen molar-refractivity contribution in [3.63, 3.8) is 0 Å². The smallest absolute Gasteiger partial charge is 0.234 e. The average molecular weight is 408 g/mol. The fourth-order valence-electron chi connectivity index (χ4n) is 5.23. The molecular formula is C24H22ClNO3. The lowest BCUT2D eigenvalue weighted by molar-refractivity contribution is -0.160. The molecule has 4 atom stereocenters. The van der Waals surface area contributed by atoms with Gasteiger partial charge in [-0.05, 0) is 48.2 Å². The Morgan fingerprint density at radius 3 is 2.76 bits per heavy atom. The van der Waals surface area contributed by atoms with E-state index < -0.39 is 11.6 Å². The van der Waals surface area contributed by atoms with E-state index in [1.165, 1.54) is 6.08 Å². The van der Waals surface area contributed by atoms with E-state index in [9.17, 15) is 9.59 Å². The zero-order chi connectivity index (χ0) is 20.0. The maximum atomic E-state index is 13.2. The first-order chi connectivity index (χ1) is 14.1. The Hall–Kier alpha value is -2.59. The molecule has 4 nitrogen and oxygen atoms in total. The molecule has 29 heavy (non-hydrogen) atoms. The summed E-state index contributed by atoms with van der Waals surface area (Å²) in [5.74, 6) is -0.389. The molecule has 2 aromatic carbocycles. The minimum Gasteiger partial charge on any atom is -0.467 e. The molecule has 5 heteroatoms. The summed E-state index contributed by atoms with van der Waals surface area (Å²) in [7, 11) is 0. The number of rotatable bonds is 3. The number of para-hydroxylation sites is 1. The minimum absolute atomic E-state index is 0.113. The summed E-state index contributed by atoms with van der Waals surface area (Å²) in [5, 5.41) is 3.75. The normalized spacial score (nSPS) is 30.1. The highest BCUT2D eigenvalue weighted by Gasteiger charge is 2.60. The van der Waals surface area contributed by atoms with Gasteiger partial charge in [0.25, 0.3) is 0 Å². The van der Waals surface area contributed by atoms with E-state index in [0.29, 0.717) is 5.02 Å². The fourth-order valence-corrected chi connectivity index (χ4v) is 5.36. The number of benzene rings is 2. The van der Waals surface area contributed by atoms with Crippen LogP contribution in [-0.2, 0) is 9.59 Å². The fraction of sp³-hybridized carbons (Fsp3) is 0.333. The number of halogens is 1. The largest absolute Gasteiger partial charge is 0.467 e. The Kier molecular flexibility index (Phi) is 4.47. The van der Waals surface area contributed by atoms with Crippen molar-refractivity contribution in [2.75, 3.05) is 0 Å². The summed E-state index contributed by atoms with van der Waals surface area (Å²) in [6.07, 6.45) is 7.12. The Labute approximate surface area is 174 Å². The maximum Gasteiger partial charge on any atom is 0.234 e. The molecule has 2 aliphatic heterocycles. The van der Waals surface area contributed by atoms with Crippen molar-refractivity contribution in [3.8, 4) is 5.75 Å². The van der Waals surface area contributed by atoms with Crippen LogP contribution in [0.15, 0.2) is 54.6 Å². The van der Waals surface area contributed by atoms with Crippen molar-refractivity contribution >= 4 is 29.4 Å². The Balaban J connectivity index is 1.52. The van der Waals surface area contributed by atoms with Crippen LogP contribution in [0.1, 0.15) is 42.7 Å². The second-order valence-corrected chi connectivity index (χ2v) is 8.60. The average Bonchev–Trinajstić information content (AvgIpc) is 2.72.